The molecule has 0 unspecified atom stereocenters. The standard InChI is InChI=1S/C19H24N2O5S/c1-5-26-18-12-8-16(9-13-18)21(27(4,23)24)14(2)19(22)20-15-6-10-17(25-3)11-7-15/h6-14H,5H2,1-4H3,(H,20,22)/t14-/m1/s1. The molecule has 0 fully saturated rings. The van der Waals surface area contributed by atoms with E-state index >= 15 is 0 Å². The van der Waals surface area contributed by atoms with Gasteiger partial charge in [-0.05, 0) is 62.4 Å². The lowest BCUT2D eigenvalue weighted by Gasteiger charge is -2.28. The Morgan fingerprint density at radius 2 is 1.63 bits per heavy atom. The molecule has 2 rings (SSSR count). The summed E-state index contributed by atoms with van der Waals surface area (Å²) in [5, 5.41) is 2.72. The van der Waals surface area contributed by atoms with Crippen molar-refractivity contribution in [3.63, 3.8) is 0 Å². The quantitative estimate of drug-likeness (QED) is 0.747. The van der Waals surface area contributed by atoms with Gasteiger partial charge in [-0.2, -0.15) is 0 Å². The third-order valence-electron chi connectivity index (χ3n) is 3.85. The molecule has 2 aromatic rings. The normalized spacial score (nSPS) is 12.1. The predicted molar refractivity (Wildman–Crippen MR) is 106 cm³/mol. The average molecular weight is 392 g/mol. The van der Waals surface area contributed by atoms with Crippen molar-refractivity contribution in [1.29, 1.82) is 0 Å². The summed E-state index contributed by atoms with van der Waals surface area (Å²) in [5.41, 5.74) is 0.936. The molecule has 2 aromatic carbocycles. The molecule has 1 amide bonds. The lowest BCUT2D eigenvalue weighted by atomic mass is 10.2. The van der Waals surface area contributed by atoms with Crippen molar-refractivity contribution < 1.29 is 22.7 Å². The molecule has 0 spiro atoms. The summed E-state index contributed by atoms with van der Waals surface area (Å²) < 4.78 is 36.2. The average Bonchev–Trinajstić information content (AvgIpc) is 2.63. The highest BCUT2D eigenvalue weighted by molar-refractivity contribution is 7.92. The molecule has 0 heterocycles. The van der Waals surface area contributed by atoms with Gasteiger partial charge in [-0.25, -0.2) is 8.42 Å². The number of nitrogens with one attached hydrogen (secondary N) is 1. The van der Waals surface area contributed by atoms with Crippen LogP contribution in [-0.4, -0.2) is 40.3 Å². The molecule has 146 valence electrons. The molecule has 1 atom stereocenters. The summed E-state index contributed by atoms with van der Waals surface area (Å²) in [6.45, 7) is 3.91. The lowest BCUT2D eigenvalue weighted by Crippen LogP contribution is -2.45. The third kappa shape index (κ3) is 5.37. The smallest absolute Gasteiger partial charge is 0.247 e. The minimum Gasteiger partial charge on any atom is -0.497 e. The van der Waals surface area contributed by atoms with Gasteiger partial charge in [0.1, 0.15) is 17.5 Å². The number of carbonyl (C=O) groups excluding carboxylic acids is 1. The van der Waals surface area contributed by atoms with Gasteiger partial charge in [0.2, 0.25) is 15.9 Å². The van der Waals surface area contributed by atoms with Crippen molar-refractivity contribution in [3.05, 3.63) is 48.5 Å². The van der Waals surface area contributed by atoms with Crippen LogP contribution in [0.5, 0.6) is 11.5 Å². The number of amides is 1. The first-order chi connectivity index (χ1) is 12.8. The number of ether oxygens (including phenoxy) is 2. The Morgan fingerprint density at radius 3 is 2.11 bits per heavy atom. The van der Waals surface area contributed by atoms with E-state index in [0.717, 1.165) is 10.6 Å². The van der Waals surface area contributed by atoms with Crippen LogP contribution in [0.4, 0.5) is 11.4 Å². The fraction of sp³-hybridized carbons (Fsp3) is 0.316. The molecule has 1 N–H and O–H groups in total. The summed E-state index contributed by atoms with van der Waals surface area (Å²) in [5.74, 6) is 0.845. The highest BCUT2D eigenvalue weighted by Crippen LogP contribution is 2.25. The lowest BCUT2D eigenvalue weighted by molar-refractivity contribution is -0.116. The van der Waals surface area contributed by atoms with E-state index in [2.05, 4.69) is 5.32 Å². The van der Waals surface area contributed by atoms with E-state index in [0.29, 0.717) is 29.5 Å². The summed E-state index contributed by atoms with van der Waals surface area (Å²) in [6, 6.07) is 12.4. The molecule has 7 nitrogen and oxygen atoms in total. The minimum absolute atomic E-state index is 0.387. The largest absolute Gasteiger partial charge is 0.497 e. The number of benzene rings is 2. The Kier molecular flexibility index (Phi) is 6.68. The van der Waals surface area contributed by atoms with Gasteiger partial charge in [0, 0.05) is 5.69 Å². The molecule has 0 aliphatic heterocycles. The second kappa shape index (κ2) is 8.77. The monoisotopic (exact) mass is 392 g/mol. The Morgan fingerprint density at radius 1 is 1.07 bits per heavy atom. The summed E-state index contributed by atoms with van der Waals surface area (Å²) in [7, 11) is -2.13. The number of nitrogens with zero attached hydrogens (tertiary/aromatic N) is 1. The summed E-state index contributed by atoms with van der Waals surface area (Å²) >= 11 is 0. The van der Waals surface area contributed by atoms with Crippen molar-refractivity contribution >= 4 is 27.3 Å². The first kappa shape index (κ1) is 20.6. The SMILES string of the molecule is CCOc1ccc(N([C@H](C)C(=O)Nc2ccc(OC)cc2)S(C)(=O)=O)cc1. The van der Waals surface area contributed by atoms with Crippen molar-refractivity contribution in [1.82, 2.24) is 0 Å². The molecule has 0 aliphatic rings. The number of anilines is 2. The summed E-state index contributed by atoms with van der Waals surface area (Å²) in [4.78, 5) is 12.6. The molecule has 8 heteroatoms. The van der Waals surface area contributed by atoms with Crippen LogP contribution in [0.25, 0.3) is 0 Å². The molecule has 0 bridgehead atoms. The topological polar surface area (TPSA) is 84.9 Å². The number of sulfonamides is 1. The molecule has 0 saturated carbocycles. The van der Waals surface area contributed by atoms with Crippen molar-refractivity contribution in [2.75, 3.05) is 29.6 Å². The molecule has 0 saturated heterocycles. The third-order valence-corrected chi connectivity index (χ3v) is 5.09. The van der Waals surface area contributed by atoms with Crippen LogP contribution in [0.1, 0.15) is 13.8 Å². The maximum Gasteiger partial charge on any atom is 0.247 e. The number of hydrogen-bond acceptors (Lipinski definition) is 5. The maximum absolute atomic E-state index is 12.6. The Balaban J connectivity index is 2.23. The van der Waals surface area contributed by atoms with Gasteiger partial charge >= 0.3 is 0 Å². The fourth-order valence-electron chi connectivity index (χ4n) is 2.59. The van der Waals surface area contributed by atoms with Crippen LogP contribution < -0.4 is 19.1 Å². The van der Waals surface area contributed by atoms with Crippen LogP contribution in [0, 0.1) is 0 Å². The first-order valence-electron chi connectivity index (χ1n) is 8.43. The van der Waals surface area contributed by atoms with Crippen LogP contribution >= 0.6 is 0 Å². The Labute approximate surface area is 160 Å². The van der Waals surface area contributed by atoms with E-state index in [1.165, 1.54) is 6.92 Å². The number of carbonyl (C=O) groups is 1. The molecule has 27 heavy (non-hydrogen) atoms. The van der Waals surface area contributed by atoms with Gasteiger partial charge in [-0.15, -0.1) is 0 Å². The maximum atomic E-state index is 12.6. The Bertz CT molecular complexity index is 864. The fourth-order valence-corrected chi connectivity index (χ4v) is 3.76. The molecule has 0 aromatic heterocycles. The van der Waals surface area contributed by atoms with Gasteiger partial charge in [0.15, 0.2) is 0 Å². The van der Waals surface area contributed by atoms with E-state index in [-0.39, 0.29) is 0 Å². The van der Waals surface area contributed by atoms with E-state index in [9.17, 15) is 13.2 Å². The van der Waals surface area contributed by atoms with Gasteiger partial charge < -0.3 is 14.8 Å². The number of methoxy groups -OCH3 is 1. The van der Waals surface area contributed by atoms with Crippen LogP contribution in [0.15, 0.2) is 48.5 Å². The van der Waals surface area contributed by atoms with Gasteiger partial charge in [0.05, 0.1) is 25.7 Å². The van der Waals surface area contributed by atoms with Crippen molar-refractivity contribution in [3.8, 4) is 11.5 Å². The molecule has 0 radical (unpaired) electrons. The molecular weight excluding hydrogens is 368 g/mol. The molecule has 0 aliphatic carbocycles. The Hall–Kier alpha value is -2.74. The second-order valence-electron chi connectivity index (χ2n) is 5.88. The number of hydrogen-bond donors (Lipinski definition) is 1. The molecular formula is C19H24N2O5S. The number of rotatable bonds is 8. The van der Waals surface area contributed by atoms with E-state index in [4.69, 9.17) is 9.47 Å². The van der Waals surface area contributed by atoms with Gasteiger partial charge in [0.25, 0.3) is 0 Å². The van der Waals surface area contributed by atoms with Crippen LogP contribution in [-0.2, 0) is 14.8 Å². The predicted octanol–water partition coefficient (Wildman–Crippen LogP) is 2.89. The van der Waals surface area contributed by atoms with E-state index in [1.54, 1.807) is 55.6 Å². The van der Waals surface area contributed by atoms with Crippen molar-refractivity contribution in [2.45, 2.75) is 19.9 Å². The highest BCUT2D eigenvalue weighted by atomic mass is 32.2. The van der Waals surface area contributed by atoms with E-state index in [1.807, 2.05) is 6.92 Å². The first-order valence-corrected chi connectivity index (χ1v) is 10.3. The van der Waals surface area contributed by atoms with Crippen LogP contribution in [0.3, 0.4) is 0 Å². The van der Waals surface area contributed by atoms with Gasteiger partial charge in [-0.1, -0.05) is 0 Å². The van der Waals surface area contributed by atoms with E-state index < -0.39 is 22.0 Å². The van der Waals surface area contributed by atoms with Crippen molar-refractivity contribution in [2.24, 2.45) is 0 Å². The van der Waals surface area contributed by atoms with Gasteiger partial charge in [-0.3, -0.25) is 9.10 Å². The summed E-state index contributed by atoms with van der Waals surface area (Å²) in [6.07, 6.45) is 1.07. The zero-order valence-electron chi connectivity index (χ0n) is 15.8. The minimum atomic E-state index is -3.68. The van der Waals surface area contributed by atoms with Crippen LogP contribution in [0.2, 0.25) is 0 Å². The second-order valence-corrected chi connectivity index (χ2v) is 7.74. The highest BCUT2D eigenvalue weighted by Gasteiger charge is 2.29. The zero-order valence-corrected chi connectivity index (χ0v) is 16.6. The zero-order chi connectivity index (χ0) is 20.0.